The number of rotatable bonds is 4. The monoisotopic (exact) mass is 266 g/mol. The maximum absolute atomic E-state index is 11.3. The maximum atomic E-state index is 11.3. The Kier molecular flexibility index (Phi) is 3.56. The van der Waals surface area contributed by atoms with E-state index >= 15 is 0 Å². The van der Waals surface area contributed by atoms with Gasteiger partial charge in [-0.3, -0.25) is 0 Å². The topological polar surface area (TPSA) is 63.4 Å². The number of nitrogens with zero attached hydrogens (tertiary/aromatic N) is 1. The molecule has 1 aliphatic carbocycles. The van der Waals surface area contributed by atoms with E-state index in [0.717, 1.165) is 5.56 Å². The van der Waals surface area contributed by atoms with Crippen molar-refractivity contribution in [3.63, 3.8) is 0 Å². The lowest BCUT2D eigenvalue weighted by Gasteiger charge is -2.29. The van der Waals surface area contributed by atoms with Crippen molar-refractivity contribution in [1.82, 2.24) is 4.90 Å². The largest absolute Gasteiger partial charge is 0.304 e. The summed E-state index contributed by atoms with van der Waals surface area (Å²) in [4.78, 5) is 1.92. The molecule has 2 atom stereocenters. The van der Waals surface area contributed by atoms with Crippen molar-refractivity contribution in [3.8, 4) is 0 Å². The van der Waals surface area contributed by atoms with E-state index in [1.165, 1.54) is 5.56 Å². The zero-order valence-corrected chi connectivity index (χ0v) is 11.4. The Morgan fingerprint density at radius 1 is 1.33 bits per heavy atom. The highest BCUT2D eigenvalue weighted by molar-refractivity contribution is 7.89. The molecule has 0 saturated carbocycles. The van der Waals surface area contributed by atoms with Crippen LogP contribution in [0.5, 0.6) is 0 Å². The Labute approximate surface area is 108 Å². The molecule has 1 aromatic rings. The number of benzene rings is 1. The van der Waals surface area contributed by atoms with Gasteiger partial charge in [0.15, 0.2) is 0 Å². The SMILES string of the molecule is CN(C)C(CS(N)(=O)=O)C1C=Cc2ccccc21. The van der Waals surface area contributed by atoms with Crippen LogP contribution in [0.15, 0.2) is 30.3 Å². The summed E-state index contributed by atoms with van der Waals surface area (Å²) in [6.45, 7) is 0. The third-order valence-electron chi connectivity index (χ3n) is 3.32. The second-order valence-corrected chi connectivity index (χ2v) is 6.53. The van der Waals surface area contributed by atoms with Crippen molar-refractivity contribution in [1.29, 1.82) is 0 Å². The Balaban J connectivity index is 2.32. The van der Waals surface area contributed by atoms with Crippen LogP contribution in [0.2, 0.25) is 0 Å². The van der Waals surface area contributed by atoms with Crippen LogP contribution in [0.25, 0.3) is 6.08 Å². The molecule has 0 aliphatic heterocycles. The standard InChI is InChI=1S/C13H18N2O2S/c1-15(2)13(9-18(14,16)17)12-8-7-10-5-3-4-6-11(10)12/h3-8,12-13H,9H2,1-2H3,(H2,14,16,17). The van der Waals surface area contributed by atoms with Gasteiger partial charge in [0, 0.05) is 12.0 Å². The molecule has 1 aromatic carbocycles. The molecule has 1 aliphatic rings. The average Bonchev–Trinajstić information content (AvgIpc) is 2.68. The van der Waals surface area contributed by atoms with Gasteiger partial charge in [-0.25, -0.2) is 13.6 Å². The lowest BCUT2D eigenvalue weighted by atomic mass is 9.94. The molecule has 0 fully saturated rings. The van der Waals surface area contributed by atoms with E-state index in [9.17, 15) is 8.42 Å². The summed E-state index contributed by atoms with van der Waals surface area (Å²) >= 11 is 0. The fraction of sp³-hybridized carbons (Fsp3) is 0.385. The fourth-order valence-corrected chi connectivity index (χ4v) is 3.41. The van der Waals surface area contributed by atoms with Gasteiger partial charge >= 0.3 is 0 Å². The number of fused-ring (bicyclic) bond motifs is 1. The van der Waals surface area contributed by atoms with Crippen LogP contribution in [0.4, 0.5) is 0 Å². The molecular formula is C13H18N2O2S. The van der Waals surface area contributed by atoms with Crippen LogP contribution in [0, 0.1) is 0 Å². The van der Waals surface area contributed by atoms with Gasteiger partial charge in [-0.2, -0.15) is 0 Å². The van der Waals surface area contributed by atoms with E-state index in [4.69, 9.17) is 5.14 Å². The first kappa shape index (κ1) is 13.3. The van der Waals surface area contributed by atoms with Crippen LogP contribution in [-0.4, -0.2) is 39.2 Å². The summed E-state index contributed by atoms with van der Waals surface area (Å²) in [6.07, 6.45) is 4.10. The third kappa shape index (κ3) is 2.80. The predicted octanol–water partition coefficient (Wildman–Crippen LogP) is 1.02. The van der Waals surface area contributed by atoms with Gasteiger partial charge in [0.2, 0.25) is 10.0 Å². The van der Waals surface area contributed by atoms with E-state index in [2.05, 4.69) is 6.08 Å². The molecule has 0 heterocycles. The van der Waals surface area contributed by atoms with Crippen LogP contribution >= 0.6 is 0 Å². The van der Waals surface area contributed by atoms with Crippen molar-refractivity contribution in [2.45, 2.75) is 12.0 Å². The summed E-state index contributed by atoms with van der Waals surface area (Å²) in [5.74, 6) is 0.0399. The summed E-state index contributed by atoms with van der Waals surface area (Å²) in [7, 11) is 0.275. The summed E-state index contributed by atoms with van der Waals surface area (Å²) < 4.78 is 22.7. The van der Waals surface area contributed by atoms with Gasteiger partial charge in [0.1, 0.15) is 0 Å². The average molecular weight is 266 g/mol. The molecule has 0 aromatic heterocycles. The molecule has 0 spiro atoms. The second kappa shape index (κ2) is 4.84. The molecule has 0 bridgehead atoms. The smallest absolute Gasteiger partial charge is 0.210 e. The number of likely N-dealkylation sites (N-methyl/N-ethyl adjacent to an activating group) is 1. The first-order valence-electron chi connectivity index (χ1n) is 5.82. The van der Waals surface area contributed by atoms with Gasteiger partial charge in [-0.15, -0.1) is 0 Å². The molecule has 0 radical (unpaired) electrons. The summed E-state index contributed by atoms with van der Waals surface area (Å²) in [5.41, 5.74) is 2.32. The van der Waals surface area contributed by atoms with Crippen LogP contribution in [0.1, 0.15) is 17.0 Å². The van der Waals surface area contributed by atoms with Crippen LogP contribution in [-0.2, 0) is 10.0 Å². The van der Waals surface area contributed by atoms with Gasteiger partial charge in [0.25, 0.3) is 0 Å². The number of sulfonamides is 1. The van der Waals surface area contributed by atoms with Crippen molar-refractivity contribution in [2.24, 2.45) is 5.14 Å². The van der Waals surface area contributed by atoms with Crippen LogP contribution in [0.3, 0.4) is 0 Å². The second-order valence-electron chi connectivity index (χ2n) is 4.87. The van der Waals surface area contributed by atoms with Gasteiger partial charge < -0.3 is 4.90 Å². The first-order valence-corrected chi connectivity index (χ1v) is 7.54. The van der Waals surface area contributed by atoms with Gasteiger partial charge in [-0.05, 0) is 25.2 Å². The van der Waals surface area contributed by atoms with Crippen molar-refractivity contribution in [3.05, 3.63) is 41.5 Å². The molecule has 0 saturated heterocycles. The third-order valence-corrected chi connectivity index (χ3v) is 4.13. The molecule has 2 unspecified atom stereocenters. The zero-order chi connectivity index (χ0) is 13.3. The molecule has 98 valence electrons. The number of nitrogens with two attached hydrogens (primary N) is 1. The number of hydrogen-bond acceptors (Lipinski definition) is 3. The Bertz CT molecular complexity index is 564. The van der Waals surface area contributed by atoms with E-state index in [1.54, 1.807) is 0 Å². The maximum Gasteiger partial charge on any atom is 0.210 e. The minimum atomic E-state index is -3.48. The molecule has 5 heteroatoms. The molecule has 0 amide bonds. The van der Waals surface area contributed by atoms with Gasteiger partial charge in [-0.1, -0.05) is 36.4 Å². The highest BCUT2D eigenvalue weighted by atomic mass is 32.2. The van der Waals surface area contributed by atoms with Crippen molar-refractivity contribution >= 4 is 16.1 Å². The zero-order valence-electron chi connectivity index (χ0n) is 10.6. The Hall–Kier alpha value is -1.17. The van der Waals surface area contributed by atoms with Crippen LogP contribution < -0.4 is 5.14 Å². The Morgan fingerprint density at radius 2 is 2.00 bits per heavy atom. The predicted molar refractivity (Wildman–Crippen MR) is 73.7 cm³/mol. The van der Waals surface area contributed by atoms with E-state index in [0.29, 0.717) is 0 Å². The number of primary sulfonamides is 1. The minimum absolute atomic E-state index is 0.0384. The van der Waals surface area contributed by atoms with E-state index < -0.39 is 10.0 Å². The lowest BCUT2D eigenvalue weighted by molar-refractivity contribution is 0.296. The van der Waals surface area contributed by atoms with Gasteiger partial charge in [0.05, 0.1) is 5.75 Å². The van der Waals surface area contributed by atoms with E-state index in [-0.39, 0.29) is 17.7 Å². The first-order chi connectivity index (χ1) is 8.38. The van der Waals surface area contributed by atoms with Crippen molar-refractivity contribution in [2.75, 3.05) is 19.8 Å². The molecule has 2 N–H and O–H groups in total. The number of hydrogen-bond donors (Lipinski definition) is 1. The molecule has 4 nitrogen and oxygen atoms in total. The molecule has 2 rings (SSSR count). The summed E-state index contributed by atoms with van der Waals surface area (Å²) in [6, 6.07) is 7.90. The summed E-state index contributed by atoms with van der Waals surface area (Å²) in [5, 5.41) is 5.18. The normalized spacial score (nSPS) is 20.1. The quantitative estimate of drug-likeness (QED) is 0.885. The fourth-order valence-electron chi connectivity index (χ4n) is 2.42. The molecular weight excluding hydrogens is 248 g/mol. The Morgan fingerprint density at radius 3 is 2.61 bits per heavy atom. The lowest BCUT2D eigenvalue weighted by Crippen LogP contribution is -2.40. The highest BCUT2D eigenvalue weighted by Crippen LogP contribution is 2.34. The minimum Gasteiger partial charge on any atom is -0.304 e. The molecule has 18 heavy (non-hydrogen) atoms. The van der Waals surface area contributed by atoms with E-state index in [1.807, 2.05) is 49.3 Å². The van der Waals surface area contributed by atoms with Crippen molar-refractivity contribution < 1.29 is 8.42 Å². The highest BCUT2D eigenvalue weighted by Gasteiger charge is 2.30.